The Hall–Kier alpha value is -1.80. The second kappa shape index (κ2) is 8.22. The molecule has 2 aliphatic heterocycles. The summed E-state index contributed by atoms with van der Waals surface area (Å²) in [4.78, 5) is 0. The predicted octanol–water partition coefficient (Wildman–Crippen LogP) is 6.56. The van der Waals surface area contributed by atoms with Gasteiger partial charge in [0.1, 0.15) is 5.75 Å². The Morgan fingerprint density at radius 3 is 2.68 bits per heavy atom. The third-order valence-electron chi connectivity index (χ3n) is 14.5. The number of fused-ring (bicyclic) bond motifs is 8. The lowest BCUT2D eigenvalue weighted by Gasteiger charge is -2.79. The Labute approximate surface area is 245 Å². The summed E-state index contributed by atoms with van der Waals surface area (Å²) in [5.41, 5.74) is 9.95. The van der Waals surface area contributed by atoms with Crippen LogP contribution in [-0.2, 0) is 4.74 Å². The molecule has 218 valence electrons. The van der Waals surface area contributed by atoms with Gasteiger partial charge in [-0.15, -0.1) is 0 Å². The highest BCUT2D eigenvalue weighted by molar-refractivity contribution is 5.51. The number of ether oxygens (including phenoxy) is 1. The van der Waals surface area contributed by atoms with Gasteiger partial charge in [-0.3, -0.25) is 0 Å². The summed E-state index contributed by atoms with van der Waals surface area (Å²) in [6, 6.07) is 6.05. The van der Waals surface area contributed by atoms with Gasteiger partial charge in [-0.2, -0.15) is 0 Å². The van der Waals surface area contributed by atoms with Crippen molar-refractivity contribution in [1.29, 1.82) is 0 Å². The second-order valence-electron chi connectivity index (χ2n) is 16.3. The van der Waals surface area contributed by atoms with Crippen molar-refractivity contribution in [3.05, 3.63) is 41.5 Å². The number of nitrogens with two attached hydrogens (primary N) is 1. The Morgan fingerprint density at radius 2 is 1.85 bits per heavy atom. The molecule has 2 heterocycles. The van der Waals surface area contributed by atoms with Gasteiger partial charge in [0.15, 0.2) is 0 Å². The molecule has 41 heavy (non-hydrogen) atoms. The Bertz CT molecular complexity index is 1380. The van der Waals surface area contributed by atoms with E-state index in [1.807, 2.05) is 12.1 Å². The molecule has 0 aromatic heterocycles. The Morgan fingerprint density at radius 1 is 1.00 bits per heavy atom. The summed E-state index contributed by atoms with van der Waals surface area (Å²) in [6.07, 6.45) is 20.8. The summed E-state index contributed by atoms with van der Waals surface area (Å²) in [6.45, 7) is 2.55. The summed E-state index contributed by atoms with van der Waals surface area (Å²) >= 11 is 0. The van der Waals surface area contributed by atoms with Gasteiger partial charge < -0.3 is 20.7 Å². The van der Waals surface area contributed by atoms with Crippen LogP contribution in [-0.4, -0.2) is 33.6 Å². The summed E-state index contributed by atoms with van der Waals surface area (Å²) < 4.78 is 7.75. The standard InChI is InChI=1S/C37H47NO3/c1-33-12-4-15-35-16-11-25(21-39)37(38,32(33)35)31-10-6-23-5-8-28(29-9-7-27(40)18-30(23)29)24-17-26(36(31,22-35)41-33)20-34(19-24)13-2-3-14-34/h5,7-9,18,23-26,28,31-32,39-40H,2-4,11-17,19-22,38H2,1H3/t23-,24+,25-,26+,28-,31-,32+,33+,35-,36+,37-/m0/s1. The summed E-state index contributed by atoms with van der Waals surface area (Å²) in [5.74, 6) is 9.56. The third-order valence-corrected chi connectivity index (χ3v) is 14.5. The molecule has 0 amide bonds. The Balaban J connectivity index is 1.31. The number of hydrogen-bond donors (Lipinski definition) is 3. The monoisotopic (exact) mass is 553 g/mol. The van der Waals surface area contributed by atoms with Crippen LogP contribution in [0.3, 0.4) is 0 Å². The fraction of sp³-hybridized carbons (Fsp3) is 0.730. The molecule has 0 radical (unpaired) electrons. The average molecular weight is 554 g/mol. The topological polar surface area (TPSA) is 75.7 Å². The van der Waals surface area contributed by atoms with E-state index < -0.39 is 5.54 Å². The fourth-order valence-corrected chi connectivity index (χ4v) is 13.5. The second-order valence-corrected chi connectivity index (χ2v) is 16.3. The maximum Gasteiger partial charge on any atom is 0.115 e. The van der Waals surface area contributed by atoms with Crippen molar-refractivity contribution in [2.24, 2.45) is 46.2 Å². The number of benzene rings is 1. The van der Waals surface area contributed by atoms with Gasteiger partial charge in [0.25, 0.3) is 0 Å². The van der Waals surface area contributed by atoms with E-state index in [1.165, 1.54) is 68.9 Å². The van der Waals surface area contributed by atoms with E-state index in [-0.39, 0.29) is 46.9 Å². The predicted molar refractivity (Wildman–Crippen MR) is 159 cm³/mol. The first kappa shape index (κ1) is 25.7. The van der Waals surface area contributed by atoms with Crippen LogP contribution in [0.4, 0.5) is 0 Å². The quantitative estimate of drug-likeness (QED) is 0.272. The number of phenols is 1. The molecule has 1 aromatic carbocycles. The van der Waals surface area contributed by atoms with Crippen molar-refractivity contribution in [2.75, 3.05) is 6.61 Å². The average Bonchev–Trinajstić information content (AvgIpc) is 3.37. The molecule has 10 rings (SSSR count). The molecule has 4 N–H and O–H groups in total. The van der Waals surface area contributed by atoms with Gasteiger partial charge in [-0.1, -0.05) is 49.3 Å². The van der Waals surface area contributed by atoms with Gasteiger partial charge in [0.2, 0.25) is 0 Å². The molecule has 5 saturated carbocycles. The molecule has 7 fully saturated rings. The van der Waals surface area contributed by atoms with E-state index in [1.54, 1.807) is 0 Å². The lowest BCUT2D eigenvalue weighted by atomic mass is 9.33. The number of phenolic OH excluding ortho intramolecular Hbond substituents is 1. The maximum atomic E-state index is 10.9. The molecular formula is C37H47NO3. The highest BCUT2D eigenvalue weighted by Crippen LogP contribution is 2.76. The number of rotatable bonds is 1. The molecule has 9 aliphatic rings. The molecule has 1 aromatic rings. The third kappa shape index (κ3) is 3.14. The van der Waals surface area contributed by atoms with Crippen LogP contribution in [0.15, 0.2) is 30.4 Å². The van der Waals surface area contributed by atoms with Crippen LogP contribution in [0, 0.1) is 52.3 Å². The van der Waals surface area contributed by atoms with E-state index in [0.717, 1.165) is 25.7 Å². The minimum atomic E-state index is -0.543. The number of hydrogen-bond acceptors (Lipinski definition) is 4. The van der Waals surface area contributed by atoms with E-state index in [4.69, 9.17) is 10.5 Å². The number of aliphatic hydroxyl groups excluding tert-OH is 1. The minimum absolute atomic E-state index is 0.0481. The van der Waals surface area contributed by atoms with Gasteiger partial charge in [0, 0.05) is 29.9 Å². The van der Waals surface area contributed by atoms with Crippen LogP contribution in [0.5, 0.6) is 5.75 Å². The zero-order valence-electron chi connectivity index (χ0n) is 24.7. The van der Waals surface area contributed by atoms with E-state index >= 15 is 0 Å². The van der Waals surface area contributed by atoms with Gasteiger partial charge in [0.05, 0.1) is 23.0 Å². The molecule has 9 bridgehead atoms. The van der Waals surface area contributed by atoms with Crippen molar-refractivity contribution in [3.8, 4) is 17.6 Å². The summed E-state index contributed by atoms with van der Waals surface area (Å²) in [5, 5.41) is 21.5. The maximum absolute atomic E-state index is 10.9. The van der Waals surface area contributed by atoms with Crippen molar-refractivity contribution < 1.29 is 14.9 Å². The zero-order chi connectivity index (χ0) is 27.8. The number of aliphatic hydroxyl groups is 1. The summed E-state index contributed by atoms with van der Waals surface area (Å²) in [7, 11) is 0. The van der Waals surface area contributed by atoms with Crippen molar-refractivity contribution in [2.45, 2.75) is 119 Å². The molecule has 7 aliphatic carbocycles. The minimum Gasteiger partial charge on any atom is -0.508 e. The highest BCUT2D eigenvalue weighted by atomic mass is 16.5. The number of aromatic hydroxyl groups is 1. The van der Waals surface area contributed by atoms with Gasteiger partial charge in [-0.05, 0) is 117 Å². The first-order valence-electron chi connectivity index (χ1n) is 16.9. The van der Waals surface area contributed by atoms with Crippen LogP contribution < -0.4 is 5.73 Å². The van der Waals surface area contributed by atoms with Crippen LogP contribution in [0.2, 0.25) is 0 Å². The van der Waals surface area contributed by atoms with Gasteiger partial charge in [-0.25, -0.2) is 0 Å². The van der Waals surface area contributed by atoms with Crippen LogP contribution in [0.1, 0.15) is 113 Å². The normalized spacial score (nSPS) is 51.3. The van der Waals surface area contributed by atoms with E-state index in [2.05, 4.69) is 37.0 Å². The van der Waals surface area contributed by atoms with Crippen molar-refractivity contribution in [1.82, 2.24) is 0 Å². The first-order valence-corrected chi connectivity index (χ1v) is 16.9. The zero-order valence-corrected chi connectivity index (χ0v) is 24.7. The SMILES string of the molecule is C[C@@]12CCC[C@@]34CC[C@@H](CO)[C@@](N)([C@@H]31)[C@H]1C#C[C@@H]3C=C[C@H](c5ccc(O)cc53)[C@@H]3C[C@H](CC5(CCCC5)C3)[C@@]1(C4)O2. The van der Waals surface area contributed by atoms with Crippen molar-refractivity contribution in [3.63, 3.8) is 0 Å². The smallest absolute Gasteiger partial charge is 0.115 e. The first-order chi connectivity index (χ1) is 19.7. The van der Waals surface area contributed by atoms with Gasteiger partial charge >= 0.3 is 0 Å². The molecule has 4 heteroatoms. The molecule has 2 spiro atoms. The molecule has 4 nitrogen and oxygen atoms in total. The van der Waals surface area contributed by atoms with Crippen molar-refractivity contribution >= 4 is 0 Å². The number of allylic oxidation sites excluding steroid dienone is 2. The lowest BCUT2D eigenvalue weighted by molar-refractivity contribution is -0.383. The van der Waals surface area contributed by atoms with Crippen LogP contribution in [0.25, 0.3) is 0 Å². The van der Waals surface area contributed by atoms with E-state index in [0.29, 0.717) is 28.9 Å². The molecule has 11 atom stereocenters. The Kier molecular flexibility index (Phi) is 5.15. The van der Waals surface area contributed by atoms with E-state index in [9.17, 15) is 10.2 Å². The highest BCUT2D eigenvalue weighted by Gasteiger charge is 2.80. The molecular weight excluding hydrogens is 506 g/mol. The lowest BCUT2D eigenvalue weighted by Crippen LogP contribution is -2.86. The fourth-order valence-electron chi connectivity index (χ4n) is 13.5. The van der Waals surface area contributed by atoms with Crippen LogP contribution >= 0.6 is 0 Å². The molecule has 2 saturated heterocycles. The molecule has 0 unspecified atom stereocenters. The largest absolute Gasteiger partial charge is 0.508 e.